The van der Waals surface area contributed by atoms with Crippen LogP contribution in [0.4, 0.5) is 5.82 Å². The summed E-state index contributed by atoms with van der Waals surface area (Å²) in [5.74, 6) is 1.71. The van der Waals surface area contributed by atoms with Gasteiger partial charge in [-0.3, -0.25) is 0 Å². The normalized spacial score (nSPS) is 23.2. The number of hydrogen-bond acceptors (Lipinski definition) is 4. The van der Waals surface area contributed by atoms with Crippen LogP contribution in [0.3, 0.4) is 0 Å². The van der Waals surface area contributed by atoms with Crippen molar-refractivity contribution in [1.29, 1.82) is 0 Å². The number of aryl methyl sites for hydroxylation is 1. The average molecular weight is 285 g/mol. The molecule has 5 heteroatoms. The third-order valence-corrected chi connectivity index (χ3v) is 4.76. The molecule has 2 aliphatic rings. The summed E-state index contributed by atoms with van der Waals surface area (Å²) < 4.78 is 2.00. The largest absolute Gasteiger partial charge is 0.366 e. The van der Waals surface area contributed by atoms with E-state index < -0.39 is 0 Å². The molecule has 4 rings (SSSR count). The van der Waals surface area contributed by atoms with Crippen molar-refractivity contribution < 1.29 is 0 Å². The number of nitrogens with zero attached hydrogens (tertiary/aromatic N) is 3. The summed E-state index contributed by atoms with van der Waals surface area (Å²) >= 11 is 0. The summed E-state index contributed by atoms with van der Waals surface area (Å²) in [6.07, 6.45) is 6.39. The van der Waals surface area contributed by atoms with Crippen LogP contribution in [0.2, 0.25) is 0 Å². The van der Waals surface area contributed by atoms with Gasteiger partial charge >= 0.3 is 0 Å². The van der Waals surface area contributed by atoms with Gasteiger partial charge in [0.15, 0.2) is 5.65 Å². The van der Waals surface area contributed by atoms with Gasteiger partial charge in [-0.1, -0.05) is 12.8 Å². The van der Waals surface area contributed by atoms with Gasteiger partial charge < -0.3 is 10.6 Å². The first-order chi connectivity index (χ1) is 10.3. The Hall–Kier alpha value is -1.62. The van der Waals surface area contributed by atoms with E-state index in [1.165, 1.54) is 37.8 Å². The summed E-state index contributed by atoms with van der Waals surface area (Å²) in [5, 5.41) is 11.9. The first kappa shape index (κ1) is 13.1. The fraction of sp³-hybridized carbons (Fsp3) is 0.625. The number of nitrogens with one attached hydrogen (secondary N) is 2. The standard InChI is InChI=1S/C16H23N5/c1-11-8-15(19-13-6-7-17-10-13)21-16(18-11)9-14(20-21)12-4-2-3-5-12/h8-9,12-13,17,19H,2-7,10H2,1H3. The molecule has 0 bridgehead atoms. The zero-order chi connectivity index (χ0) is 14.2. The molecule has 2 fully saturated rings. The van der Waals surface area contributed by atoms with E-state index in [4.69, 9.17) is 5.10 Å². The zero-order valence-electron chi connectivity index (χ0n) is 12.6. The highest BCUT2D eigenvalue weighted by molar-refractivity contribution is 5.51. The van der Waals surface area contributed by atoms with Gasteiger partial charge in [0.05, 0.1) is 5.69 Å². The van der Waals surface area contributed by atoms with Crippen molar-refractivity contribution in [3.63, 3.8) is 0 Å². The number of fused-ring (bicyclic) bond motifs is 1. The molecular weight excluding hydrogens is 262 g/mol. The monoisotopic (exact) mass is 285 g/mol. The highest BCUT2D eigenvalue weighted by Crippen LogP contribution is 2.34. The van der Waals surface area contributed by atoms with Crippen LogP contribution in [0, 0.1) is 6.92 Å². The highest BCUT2D eigenvalue weighted by atomic mass is 15.3. The van der Waals surface area contributed by atoms with E-state index in [2.05, 4.69) is 34.7 Å². The predicted molar refractivity (Wildman–Crippen MR) is 83.8 cm³/mol. The van der Waals surface area contributed by atoms with Crippen LogP contribution in [0.5, 0.6) is 0 Å². The second-order valence-electron chi connectivity index (χ2n) is 6.44. The molecule has 2 N–H and O–H groups in total. The maximum absolute atomic E-state index is 4.85. The number of hydrogen-bond donors (Lipinski definition) is 2. The molecule has 1 saturated heterocycles. The zero-order valence-corrected chi connectivity index (χ0v) is 12.6. The molecule has 3 heterocycles. The van der Waals surface area contributed by atoms with Gasteiger partial charge in [-0.05, 0) is 32.7 Å². The molecule has 2 aromatic heterocycles. The van der Waals surface area contributed by atoms with Gasteiger partial charge in [-0.2, -0.15) is 9.61 Å². The Morgan fingerprint density at radius 2 is 2.10 bits per heavy atom. The first-order valence-corrected chi connectivity index (χ1v) is 8.14. The molecule has 1 atom stereocenters. The van der Waals surface area contributed by atoms with Gasteiger partial charge in [-0.15, -0.1) is 0 Å². The van der Waals surface area contributed by atoms with E-state index >= 15 is 0 Å². The Morgan fingerprint density at radius 1 is 1.24 bits per heavy atom. The fourth-order valence-electron chi connectivity index (χ4n) is 3.63. The molecule has 1 unspecified atom stereocenters. The minimum Gasteiger partial charge on any atom is -0.366 e. The van der Waals surface area contributed by atoms with Crippen molar-refractivity contribution in [2.75, 3.05) is 18.4 Å². The van der Waals surface area contributed by atoms with Gasteiger partial charge in [0.1, 0.15) is 5.82 Å². The third kappa shape index (κ3) is 2.50. The predicted octanol–water partition coefficient (Wildman–Crippen LogP) is 2.47. The molecule has 112 valence electrons. The summed E-state index contributed by atoms with van der Waals surface area (Å²) in [7, 11) is 0. The molecule has 0 spiro atoms. The molecule has 0 radical (unpaired) electrons. The van der Waals surface area contributed by atoms with Crippen LogP contribution < -0.4 is 10.6 Å². The maximum atomic E-state index is 4.85. The molecule has 2 aromatic rings. The highest BCUT2D eigenvalue weighted by Gasteiger charge is 2.22. The van der Waals surface area contributed by atoms with E-state index in [1.54, 1.807) is 0 Å². The molecule has 0 aromatic carbocycles. The Bertz CT molecular complexity index is 635. The maximum Gasteiger partial charge on any atom is 0.157 e. The summed E-state index contributed by atoms with van der Waals surface area (Å²) in [4.78, 5) is 4.65. The van der Waals surface area contributed by atoms with Crippen molar-refractivity contribution in [3.05, 3.63) is 23.5 Å². The molecule has 1 aliphatic heterocycles. The van der Waals surface area contributed by atoms with E-state index in [-0.39, 0.29) is 0 Å². The fourth-order valence-corrected chi connectivity index (χ4v) is 3.63. The third-order valence-electron chi connectivity index (χ3n) is 4.76. The molecule has 1 saturated carbocycles. The molecule has 1 aliphatic carbocycles. The first-order valence-electron chi connectivity index (χ1n) is 8.14. The van der Waals surface area contributed by atoms with Crippen molar-refractivity contribution in [2.45, 2.75) is 51.0 Å². The topological polar surface area (TPSA) is 54.2 Å². The quantitative estimate of drug-likeness (QED) is 0.909. The smallest absolute Gasteiger partial charge is 0.157 e. The Kier molecular flexibility index (Phi) is 3.30. The van der Waals surface area contributed by atoms with Gasteiger partial charge in [0.2, 0.25) is 0 Å². The second-order valence-corrected chi connectivity index (χ2v) is 6.44. The number of rotatable bonds is 3. The molecule has 21 heavy (non-hydrogen) atoms. The van der Waals surface area contributed by atoms with Crippen molar-refractivity contribution in [3.8, 4) is 0 Å². The minimum absolute atomic E-state index is 0.495. The summed E-state index contributed by atoms with van der Waals surface area (Å²) in [6, 6.07) is 4.78. The lowest BCUT2D eigenvalue weighted by Gasteiger charge is -2.14. The van der Waals surface area contributed by atoms with Crippen molar-refractivity contribution in [1.82, 2.24) is 19.9 Å². The van der Waals surface area contributed by atoms with Crippen LogP contribution in [0.15, 0.2) is 12.1 Å². The van der Waals surface area contributed by atoms with Crippen LogP contribution in [-0.4, -0.2) is 33.7 Å². The molecular formula is C16H23N5. The van der Waals surface area contributed by atoms with E-state index in [1.807, 2.05) is 4.52 Å². The molecule has 5 nitrogen and oxygen atoms in total. The summed E-state index contributed by atoms with van der Waals surface area (Å²) in [6.45, 7) is 4.18. The van der Waals surface area contributed by atoms with Crippen LogP contribution in [0.25, 0.3) is 5.65 Å². The Balaban J connectivity index is 1.70. The number of aromatic nitrogens is 3. The van der Waals surface area contributed by atoms with Gasteiger partial charge in [0, 0.05) is 36.3 Å². The van der Waals surface area contributed by atoms with Crippen LogP contribution >= 0.6 is 0 Å². The van der Waals surface area contributed by atoms with Gasteiger partial charge in [-0.25, -0.2) is 4.98 Å². The van der Waals surface area contributed by atoms with Crippen LogP contribution in [-0.2, 0) is 0 Å². The van der Waals surface area contributed by atoms with Crippen molar-refractivity contribution >= 4 is 11.5 Å². The minimum atomic E-state index is 0.495. The SMILES string of the molecule is Cc1cc(NC2CCNC2)n2nc(C3CCCC3)cc2n1. The average Bonchev–Trinajstić information content (AvgIpc) is 3.19. The van der Waals surface area contributed by atoms with E-state index in [0.717, 1.165) is 30.2 Å². The lowest BCUT2D eigenvalue weighted by Crippen LogP contribution is -2.23. The lowest BCUT2D eigenvalue weighted by atomic mass is 10.1. The lowest BCUT2D eigenvalue weighted by molar-refractivity contribution is 0.683. The Labute approximate surface area is 125 Å². The Morgan fingerprint density at radius 3 is 2.86 bits per heavy atom. The van der Waals surface area contributed by atoms with Crippen LogP contribution in [0.1, 0.15) is 49.4 Å². The van der Waals surface area contributed by atoms with E-state index in [0.29, 0.717) is 12.0 Å². The summed E-state index contributed by atoms with van der Waals surface area (Å²) in [5.41, 5.74) is 3.25. The van der Waals surface area contributed by atoms with Crippen molar-refractivity contribution in [2.24, 2.45) is 0 Å². The molecule has 0 amide bonds. The number of anilines is 1. The van der Waals surface area contributed by atoms with Gasteiger partial charge in [0.25, 0.3) is 0 Å². The second kappa shape index (κ2) is 5.30. The van der Waals surface area contributed by atoms with E-state index in [9.17, 15) is 0 Å².